The van der Waals surface area contributed by atoms with Gasteiger partial charge in [0.15, 0.2) is 0 Å². The van der Waals surface area contributed by atoms with Crippen LogP contribution < -0.4 is 5.73 Å². The lowest BCUT2D eigenvalue weighted by atomic mass is 10.1. The van der Waals surface area contributed by atoms with Crippen molar-refractivity contribution in [3.05, 3.63) is 78.9 Å². The molecule has 0 aromatic heterocycles. The van der Waals surface area contributed by atoms with Gasteiger partial charge in [0, 0.05) is 5.70 Å². The molecule has 1 unspecified atom stereocenters. The van der Waals surface area contributed by atoms with Gasteiger partial charge in [-0.05, 0) is 11.5 Å². The van der Waals surface area contributed by atoms with Crippen molar-refractivity contribution in [3.63, 3.8) is 0 Å². The zero-order chi connectivity index (χ0) is 12.5. The predicted octanol–water partition coefficient (Wildman–Crippen LogP) is 3.92. The van der Waals surface area contributed by atoms with Crippen molar-refractivity contribution in [2.45, 2.75) is 6.92 Å². The van der Waals surface area contributed by atoms with Gasteiger partial charge >= 0.3 is 0 Å². The number of hydrogen-bond donors (Lipinski definition) is 1. The Balaban J connectivity index is 2.66. The quantitative estimate of drug-likeness (QED) is 0.755. The molecule has 0 aliphatic rings. The van der Waals surface area contributed by atoms with E-state index < -0.39 is 0 Å². The molecule has 0 radical (unpaired) electrons. The van der Waals surface area contributed by atoms with E-state index in [1.807, 2.05) is 54.6 Å². The highest BCUT2D eigenvalue weighted by Crippen LogP contribution is 2.11. The van der Waals surface area contributed by atoms with Gasteiger partial charge in [0.1, 0.15) is 0 Å². The lowest BCUT2D eigenvalue weighted by molar-refractivity contribution is 0.939. The molecule has 1 atom stereocenters. The summed E-state index contributed by atoms with van der Waals surface area (Å²) in [5, 5.41) is 0. The monoisotopic (exact) mass is 225 g/mol. The van der Waals surface area contributed by atoms with E-state index in [1.54, 1.807) is 6.08 Å². The first-order chi connectivity index (χ1) is 8.24. The van der Waals surface area contributed by atoms with Crippen LogP contribution in [-0.4, -0.2) is 0 Å². The first kappa shape index (κ1) is 13.0. The minimum Gasteiger partial charge on any atom is -0.398 e. The molecule has 1 heteroatoms. The summed E-state index contributed by atoms with van der Waals surface area (Å²) >= 11 is 0. The smallest absolute Gasteiger partial charge is 0.0352 e. The Hall–Kier alpha value is -2.02. The maximum atomic E-state index is 6.02. The molecule has 0 spiro atoms. The number of rotatable bonds is 5. The highest BCUT2D eigenvalue weighted by atomic mass is 14.6. The Morgan fingerprint density at radius 3 is 2.53 bits per heavy atom. The number of allylic oxidation sites excluding steroid dienone is 6. The van der Waals surface area contributed by atoms with Crippen molar-refractivity contribution in [1.29, 1.82) is 0 Å². The van der Waals surface area contributed by atoms with E-state index >= 15 is 0 Å². The van der Waals surface area contributed by atoms with Gasteiger partial charge in [0.25, 0.3) is 0 Å². The Morgan fingerprint density at radius 1 is 1.18 bits per heavy atom. The molecule has 0 saturated carbocycles. The third-order valence-electron chi connectivity index (χ3n) is 2.32. The third-order valence-corrected chi connectivity index (χ3v) is 2.32. The maximum absolute atomic E-state index is 6.02. The van der Waals surface area contributed by atoms with Crippen molar-refractivity contribution in [2.24, 2.45) is 11.7 Å². The van der Waals surface area contributed by atoms with Crippen molar-refractivity contribution < 1.29 is 0 Å². The molecule has 1 rings (SSSR count). The lowest BCUT2D eigenvalue weighted by Crippen LogP contribution is -1.98. The van der Waals surface area contributed by atoms with E-state index in [0.29, 0.717) is 5.92 Å². The highest BCUT2D eigenvalue weighted by Gasteiger charge is 1.97. The average Bonchev–Trinajstić information content (AvgIpc) is 2.36. The first-order valence-electron chi connectivity index (χ1n) is 5.72. The molecular weight excluding hydrogens is 206 g/mol. The zero-order valence-corrected chi connectivity index (χ0v) is 10.2. The summed E-state index contributed by atoms with van der Waals surface area (Å²) < 4.78 is 0. The van der Waals surface area contributed by atoms with Gasteiger partial charge in [-0.15, -0.1) is 0 Å². The minimum atomic E-state index is 0.310. The second-order valence-electron chi connectivity index (χ2n) is 3.85. The summed E-state index contributed by atoms with van der Waals surface area (Å²) in [5.74, 6) is 0.310. The fraction of sp³-hybridized carbons (Fsp3) is 0.125. The molecule has 0 amide bonds. The average molecular weight is 225 g/mol. The van der Waals surface area contributed by atoms with Crippen LogP contribution in [0.25, 0.3) is 5.70 Å². The number of nitrogens with two attached hydrogens (primary N) is 1. The van der Waals surface area contributed by atoms with E-state index in [-0.39, 0.29) is 0 Å². The first-order valence-corrected chi connectivity index (χ1v) is 5.72. The molecule has 0 bridgehead atoms. The molecule has 0 aliphatic heterocycles. The van der Waals surface area contributed by atoms with Crippen molar-refractivity contribution >= 4 is 5.70 Å². The van der Waals surface area contributed by atoms with Crippen LogP contribution in [0.1, 0.15) is 12.5 Å². The van der Waals surface area contributed by atoms with Crippen LogP contribution in [0.2, 0.25) is 0 Å². The second kappa shape index (κ2) is 7.29. The molecule has 17 heavy (non-hydrogen) atoms. The lowest BCUT2D eigenvalue weighted by Gasteiger charge is -2.04. The second-order valence-corrected chi connectivity index (χ2v) is 3.85. The molecule has 0 fully saturated rings. The standard InChI is InChI=1S/C16H19N/c1-3-4-5-7-10-14(2)13-16(17)15-11-8-6-9-12-15/h3-14H,1,17H2,2H3/b5-4+,10-7-,16-13-. The van der Waals surface area contributed by atoms with Gasteiger partial charge in [-0.1, -0.05) is 80.3 Å². The van der Waals surface area contributed by atoms with E-state index in [2.05, 4.69) is 19.6 Å². The van der Waals surface area contributed by atoms with E-state index in [4.69, 9.17) is 5.73 Å². The fourth-order valence-corrected chi connectivity index (χ4v) is 1.45. The fourth-order valence-electron chi connectivity index (χ4n) is 1.45. The van der Waals surface area contributed by atoms with Gasteiger partial charge in [-0.3, -0.25) is 0 Å². The summed E-state index contributed by atoms with van der Waals surface area (Å²) in [6, 6.07) is 9.99. The molecular formula is C16H19N. The Kier molecular flexibility index (Phi) is 5.59. The zero-order valence-electron chi connectivity index (χ0n) is 10.2. The van der Waals surface area contributed by atoms with Crippen molar-refractivity contribution in [1.82, 2.24) is 0 Å². The van der Waals surface area contributed by atoms with Crippen LogP contribution >= 0.6 is 0 Å². The van der Waals surface area contributed by atoms with E-state index in [1.165, 1.54) is 0 Å². The molecule has 0 aliphatic carbocycles. The van der Waals surface area contributed by atoms with Crippen LogP contribution in [0.4, 0.5) is 0 Å². The summed E-state index contributed by atoms with van der Waals surface area (Å²) in [6.07, 6.45) is 11.7. The van der Waals surface area contributed by atoms with Crippen molar-refractivity contribution in [2.75, 3.05) is 0 Å². The normalized spacial score (nSPS) is 14.3. The van der Waals surface area contributed by atoms with Gasteiger partial charge in [-0.25, -0.2) is 0 Å². The molecule has 0 saturated heterocycles. The Bertz CT molecular complexity index is 424. The number of hydrogen-bond acceptors (Lipinski definition) is 1. The summed E-state index contributed by atoms with van der Waals surface area (Å²) in [7, 11) is 0. The van der Waals surface area contributed by atoms with E-state index in [0.717, 1.165) is 11.3 Å². The Labute approximate surface area is 104 Å². The highest BCUT2D eigenvalue weighted by molar-refractivity contribution is 5.62. The molecule has 0 heterocycles. The van der Waals surface area contributed by atoms with Crippen LogP contribution in [0.3, 0.4) is 0 Å². The molecule has 2 N–H and O–H groups in total. The Morgan fingerprint density at radius 2 is 1.88 bits per heavy atom. The van der Waals surface area contributed by atoms with Gasteiger partial charge in [-0.2, -0.15) is 0 Å². The minimum absolute atomic E-state index is 0.310. The number of benzene rings is 1. The summed E-state index contributed by atoms with van der Waals surface area (Å²) in [6.45, 7) is 5.72. The molecule has 1 nitrogen and oxygen atoms in total. The van der Waals surface area contributed by atoms with Gasteiger partial charge in [0.2, 0.25) is 0 Å². The largest absolute Gasteiger partial charge is 0.398 e. The molecule has 1 aromatic rings. The SMILES string of the molecule is C=C/C=C/C=C\C(C)/C=C(\N)c1ccccc1. The van der Waals surface area contributed by atoms with Gasteiger partial charge in [0.05, 0.1) is 0 Å². The molecule has 1 aromatic carbocycles. The topological polar surface area (TPSA) is 26.0 Å². The van der Waals surface area contributed by atoms with Crippen molar-refractivity contribution in [3.8, 4) is 0 Å². The van der Waals surface area contributed by atoms with Crippen LogP contribution in [-0.2, 0) is 0 Å². The van der Waals surface area contributed by atoms with Crippen LogP contribution in [0.5, 0.6) is 0 Å². The summed E-state index contributed by atoms with van der Waals surface area (Å²) in [4.78, 5) is 0. The maximum Gasteiger partial charge on any atom is 0.0352 e. The summed E-state index contributed by atoms with van der Waals surface area (Å²) in [5.41, 5.74) is 7.90. The van der Waals surface area contributed by atoms with E-state index in [9.17, 15) is 0 Å². The molecule has 88 valence electrons. The van der Waals surface area contributed by atoms with Crippen LogP contribution in [0.15, 0.2) is 73.4 Å². The van der Waals surface area contributed by atoms with Crippen LogP contribution in [0, 0.1) is 5.92 Å². The predicted molar refractivity (Wildman–Crippen MR) is 76.2 cm³/mol. The van der Waals surface area contributed by atoms with Gasteiger partial charge < -0.3 is 5.73 Å². The third kappa shape index (κ3) is 5.03.